The topological polar surface area (TPSA) is 20.2 Å². The van der Waals surface area contributed by atoms with Crippen LogP contribution in [0.3, 0.4) is 0 Å². The quantitative estimate of drug-likeness (QED) is 0.589. The predicted molar refractivity (Wildman–Crippen MR) is 40.6 cm³/mol. The van der Waals surface area contributed by atoms with Gasteiger partial charge in [-0.25, -0.2) is 0 Å². The molecule has 0 aromatic heterocycles. The largest absolute Gasteiger partial charge is 0.389 e. The monoisotopic (exact) mass is 140 g/mol. The average Bonchev–Trinajstić information content (AvgIpc) is 2.28. The molecule has 0 aromatic carbocycles. The van der Waals surface area contributed by atoms with E-state index in [1.807, 2.05) is 0 Å². The molecule has 0 spiro atoms. The van der Waals surface area contributed by atoms with Gasteiger partial charge in [0.1, 0.15) is 0 Å². The van der Waals surface area contributed by atoms with E-state index in [0.717, 1.165) is 0 Å². The third-order valence-corrected chi connectivity index (χ3v) is 3.52. The van der Waals surface area contributed by atoms with Crippen LogP contribution >= 0.6 is 0 Å². The van der Waals surface area contributed by atoms with Gasteiger partial charge in [-0.2, -0.15) is 0 Å². The van der Waals surface area contributed by atoms with E-state index in [-0.39, 0.29) is 5.60 Å². The molecule has 1 heteroatoms. The maximum atomic E-state index is 9.99. The average molecular weight is 140 g/mol. The van der Waals surface area contributed by atoms with Gasteiger partial charge in [-0.1, -0.05) is 20.3 Å². The van der Waals surface area contributed by atoms with Gasteiger partial charge in [-0.3, -0.25) is 0 Å². The third kappa shape index (κ3) is 0.572. The number of hydrogen-bond donors (Lipinski definition) is 1. The Labute approximate surface area is 62.4 Å². The predicted octanol–water partition coefficient (Wildman–Crippen LogP) is 1.80. The van der Waals surface area contributed by atoms with E-state index in [2.05, 4.69) is 13.8 Å². The molecule has 0 amide bonds. The molecule has 2 atom stereocenters. The Morgan fingerprint density at radius 2 is 1.80 bits per heavy atom. The second-order valence-electron chi connectivity index (χ2n) is 4.19. The molecule has 2 aliphatic rings. The Hall–Kier alpha value is -0.0400. The zero-order valence-electron chi connectivity index (χ0n) is 6.80. The molecule has 0 saturated heterocycles. The molecule has 2 fully saturated rings. The van der Waals surface area contributed by atoms with Crippen LogP contribution in [0.25, 0.3) is 0 Å². The maximum Gasteiger partial charge on any atom is 0.0733 e. The van der Waals surface area contributed by atoms with Crippen molar-refractivity contribution in [2.45, 2.75) is 38.7 Å². The van der Waals surface area contributed by atoms with Gasteiger partial charge < -0.3 is 5.11 Å². The third-order valence-electron chi connectivity index (χ3n) is 3.52. The lowest BCUT2D eigenvalue weighted by Gasteiger charge is -2.17. The lowest BCUT2D eigenvalue weighted by molar-refractivity contribution is 0.0590. The first kappa shape index (κ1) is 6.66. The number of fused-ring (bicyclic) bond motifs is 1. The summed E-state index contributed by atoms with van der Waals surface area (Å²) in [5, 5.41) is 9.99. The van der Waals surface area contributed by atoms with Gasteiger partial charge in [0.15, 0.2) is 0 Å². The fraction of sp³-hybridized carbons (Fsp3) is 1.00. The van der Waals surface area contributed by atoms with Gasteiger partial charge in [0.25, 0.3) is 0 Å². The summed E-state index contributed by atoms with van der Waals surface area (Å²) in [5.41, 5.74) is -0.238. The van der Waals surface area contributed by atoms with E-state index in [0.29, 0.717) is 17.8 Å². The molecule has 1 nitrogen and oxygen atoms in total. The Morgan fingerprint density at radius 3 is 2.10 bits per heavy atom. The number of rotatable bonds is 1. The van der Waals surface area contributed by atoms with Crippen molar-refractivity contribution in [3.8, 4) is 0 Å². The Morgan fingerprint density at radius 1 is 1.30 bits per heavy atom. The minimum absolute atomic E-state index is 0.238. The van der Waals surface area contributed by atoms with Crippen LogP contribution in [0.1, 0.15) is 33.1 Å². The highest BCUT2D eigenvalue weighted by molar-refractivity contribution is 5.16. The summed E-state index contributed by atoms with van der Waals surface area (Å²) in [5.74, 6) is 1.82. The van der Waals surface area contributed by atoms with E-state index in [1.54, 1.807) is 0 Å². The van der Waals surface area contributed by atoms with Crippen molar-refractivity contribution in [2.24, 2.45) is 17.8 Å². The minimum Gasteiger partial charge on any atom is -0.389 e. The molecule has 58 valence electrons. The van der Waals surface area contributed by atoms with Gasteiger partial charge >= 0.3 is 0 Å². The molecule has 2 saturated carbocycles. The van der Waals surface area contributed by atoms with Crippen LogP contribution in [0.15, 0.2) is 0 Å². The number of hydrogen-bond acceptors (Lipinski definition) is 1. The van der Waals surface area contributed by atoms with Crippen LogP contribution in [0, 0.1) is 17.8 Å². The zero-order valence-corrected chi connectivity index (χ0v) is 6.80. The van der Waals surface area contributed by atoms with Gasteiger partial charge in [-0.15, -0.1) is 0 Å². The first-order valence-corrected chi connectivity index (χ1v) is 4.39. The first-order valence-electron chi connectivity index (χ1n) is 4.39. The summed E-state index contributed by atoms with van der Waals surface area (Å²) in [7, 11) is 0. The van der Waals surface area contributed by atoms with E-state index in [1.165, 1.54) is 19.3 Å². The van der Waals surface area contributed by atoms with Crippen molar-refractivity contribution >= 4 is 0 Å². The van der Waals surface area contributed by atoms with Gasteiger partial charge in [0.05, 0.1) is 5.60 Å². The van der Waals surface area contributed by atoms with E-state index >= 15 is 0 Å². The molecular weight excluding hydrogens is 124 g/mol. The molecule has 10 heavy (non-hydrogen) atoms. The molecule has 2 aliphatic carbocycles. The normalized spacial score (nSPS) is 51.6. The maximum absolute atomic E-state index is 9.99. The second kappa shape index (κ2) is 1.76. The van der Waals surface area contributed by atoms with Crippen LogP contribution in [0.4, 0.5) is 0 Å². The lowest BCUT2D eigenvalue weighted by Crippen LogP contribution is -2.22. The molecule has 0 heterocycles. The summed E-state index contributed by atoms with van der Waals surface area (Å²) < 4.78 is 0. The van der Waals surface area contributed by atoms with Gasteiger partial charge in [0, 0.05) is 0 Å². The summed E-state index contributed by atoms with van der Waals surface area (Å²) in [6.45, 7) is 4.27. The molecule has 1 N–H and O–H groups in total. The molecular formula is C9H16O. The molecule has 0 aliphatic heterocycles. The van der Waals surface area contributed by atoms with Crippen molar-refractivity contribution < 1.29 is 5.11 Å². The van der Waals surface area contributed by atoms with Crippen molar-refractivity contribution in [3.63, 3.8) is 0 Å². The van der Waals surface area contributed by atoms with Crippen LogP contribution in [0.5, 0.6) is 0 Å². The summed E-state index contributed by atoms with van der Waals surface area (Å²) in [6, 6.07) is 0. The van der Waals surface area contributed by atoms with Crippen LogP contribution in [0.2, 0.25) is 0 Å². The Bertz CT molecular complexity index is 141. The highest BCUT2D eigenvalue weighted by atomic mass is 16.3. The summed E-state index contributed by atoms with van der Waals surface area (Å²) in [6.07, 6.45) is 3.91. The standard InChI is InChI=1S/C9H16O/c1-6(2)9(10)7-4-3-5-8(7)9/h6-8,10H,3-5H2,1-2H3. The van der Waals surface area contributed by atoms with Crippen LogP contribution < -0.4 is 0 Å². The summed E-state index contributed by atoms with van der Waals surface area (Å²) >= 11 is 0. The van der Waals surface area contributed by atoms with Crippen molar-refractivity contribution in [1.29, 1.82) is 0 Å². The van der Waals surface area contributed by atoms with E-state index < -0.39 is 0 Å². The minimum atomic E-state index is -0.238. The van der Waals surface area contributed by atoms with Crippen LogP contribution in [-0.2, 0) is 0 Å². The Balaban J connectivity index is 2.09. The summed E-state index contributed by atoms with van der Waals surface area (Å²) in [4.78, 5) is 0. The van der Waals surface area contributed by atoms with Crippen molar-refractivity contribution in [2.75, 3.05) is 0 Å². The van der Waals surface area contributed by atoms with E-state index in [9.17, 15) is 5.11 Å². The molecule has 2 rings (SSSR count). The lowest BCUT2D eigenvalue weighted by atomic mass is 9.97. The molecule has 0 aromatic rings. The fourth-order valence-corrected chi connectivity index (χ4v) is 2.83. The number of aliphatic hydroxyl groups is 1. The van der Waals surface area contributed by atoms with Crippen molar-refractivity contribution in [1.82, 2.24) is 0 Å². The van der Waals surface area contributed by atoms with Gasteiger partial charge in [-0.05, 0) is 30.6 Å². The smallest absolute Gasteiger partial charge is 0.0733 e. The highest BCUT2D eigenvalue weighted by Gasteiger charge is 2.66. The van der Waals surface area contributed by atoms with Crippen LogP contribution in [-0.4, -0.2) is 10.7 Å². The fourth-order valence-electron chi connectivity index (χ4n) is 2.83. The first-order chi connectivity index (χ1) is 4.67. The molecule has 2 unspecified atom stereocenters. The SMILES string of the molecule is CC(C)C1(O)C2CCCC21. The Kier molecular flexibility index (Phi) is 1.17. The zero-order chi connectivity index (χ0) is 7.35. The van der Waals surface area contributed by atoms with Gasteiger partial charge in [0.2, 0.25) is 0 Å². The second-order valence-corrected chi connectivity index (χ2v) is 4.19. The molecule has 0 radical (unpaired) electrons. The molecule has 0 bridgehead atoms. The highest BCUT2D eigenvalue weighted by Crippen LogP contribution is 2.63. The van der Waals surface area contributed by atoms with E-state index in [4.69, 9.17) is 0 Å². The van der Waals surface area contributed by atoms with Crippen molar-refractivity contribution in [3.05, 3.63) is 0 Å².